The van der Waals surface area contributed by atoms with E-state index in [1.165, 1.54) is 21.8 Å². The van der Waals surface area contributed by atoms with Crippen LogP contribution in [0.1, 0.15) is 27.0 Å². The molecule has 0 radical (unpaired) electrons. The van der Waals surface area contributed by atoms with E-state index in [1.807, 2.05) is 48.5 Å². The van der Waals surface area contributed by atoms with Gasteiger partial charge >= 0.3 is 0 Å². The largest absolute Gasteiger partial charge is 0.454 e. The van der Waals surface area contributed by atoms with Gasteiger partial charge in [0.05, 0.1) is 0 Å². The number of hydrogen-bond donors (Lipinski definition) is 2. The van der Waals surface area contributed by atoms with Crippen molar-refractivity contribution in [1.82, 2.24) is 10.4 Å². The van der Waals surface area contributed by atoms with Gasteiger partial charge in [0, 0.05) is 25.2 Å². The number of carbonyl (C=O) groups excluding carboxylic acids is 1. The smallest absolute Gasteiger partial charge is 0.251 e. The van der Waals surface area contributed by atoms with Crippen molar-refractivity contribution < 1.29 is 19.5 Å². The van der Waals surface area contributed by atoms with Crippen LogP contribution in [0.2, 0.25) is 0 Å². The van der Waals surface area contributed by atoms with Gasteiger partial charge < -0.3 is 20.0 Å². The molecule has 6 heteroatoms. The van der Waals surface area contributed by atoms with Crippen LogP contribution in [0, 0.1) is 0 Å². The molecule has 4 aromatic rings. The molecule has 1 amide bonds. The maximum Gasteiger partial charge on any atom is 0.251 e. The lowest BCUT2D eigenvalue weighted by Crippen LogP contribution is -2.25. The summed E-state index contributed by atoms with van der Waals surface area (Å²) in [6, 6.07) is 31.6. The van der Waals surface area contributed by atoms with Gasteiger partial charge in [-0.15, -0.1) is 0 Å². The third kappa shape index (κ3) is 5.92. The zero-order valence-electron chi connectivity index (χ0n) is 19.9. The fraction of sp³-hybridized carbons (Fsp3) is 0.167. The molecule has 1 heterocycles. The minimum atomic E-state index is -0.108. The molecule has 1 aliphatic heterocycles. The molecule has 5 rings (SSSR count). The quantitative estimate of drug-likeness (QED) is 0.312. The Morgan fingerprint density at radius 1 is 0.750 bits per heavy atom. The minimum absolute atomic E-state index is 0.108. The molecule has 0 bridgehead atoms. The highest BCUT2D eigenvalue weighted by atomic mass is 16.7. The second-order valence-corrected chi connectivity index (χ2v) is 8.78. The monoisotopic (exact) mass is 480 g/mol. The summed E-state index contributed by atoms with van der Waals surface area (Å²) in [5.74, 6) is 1.31. The third-order valence-corrected chi connectivity index (χ3v) is 6.14. The summed E-state index contributed by atoms with van der Waals surface area (Å²) in [7, 11) is 0. The standard InChI is InChI=1S/C30H28N2O4/c33-30(31-17-16-22-6-11-26(12-7-22)25-4-2-1-3-5-25)27-13-8-23(9-14-27)19-32(34)20-24-10-15-28-29(18-24)36-21-35-28/h1-15,18,34H,16-17,19-21H2,(H,31,33). The summed E-state index contributed by atoms with van der Waals surface area (Å²) in [6.07, 6.45) is 0.762. The summed E-state index contributed by atoms with van der Waals surface area (Å²) in [5.41, 5.74) is 5.98. The molecule has 0 spiro atoms. The number of hydrogen-bond acceptors (Lipinski definition) is 5. The predicted octanol–water partition coefficient (Wildman–Crippen LogP) is 5.45. The lowest BCUT2D eigenvalue weighted by Gasteiger charge is -2.15. The van der Waals surface area contributed by atoms with E-state index in [-0.39, 0.29) is 12.7 Å². The third-order valence-electron chi connectivity index (χ3n) is 6.14. The fourth-order valence-corrected chi connectivity index (χ4v) is 4.20. The van der Waals surface area contributed by atoms with Crippen LogP contribution in [-0.4, -0.2) is 29.5 Å². The van der Waals surface area contributed by atoms with Crippen LogP contribution in [0.4, 0.5) is 0 Å². The first-order valence-electron chi connectivity index (χ1n) is 12.0. The Morgan fingerprint density at radius 3 is 2.17 bits per heavy atom. The molecule has 4 aromatic carbocycles. The van der Waals surface area contributed by atoms with E-state index in [9.17, 15) is 10.0 Å². The molecule has 0 aliphatic carbocycles. The van der Waals surface area contributed by atoms with E-state index in [1.54, 1.807) is 12.1 Å². The Morgan fingerprint density at radius 2 is 1.39 bits per heavy atom. The van der Waals surface area contributed by atoms with Gasteiger partial charge in [0.15, 0.2) is 11.5 Å². The van der Waals surface area contributed by atoms with Crippen molar-refractivity contribution in [3.05, 3.63) is 119 Å². The molecule has 0 aromatic heterocycles. The molecule has 0 saturated carbocycles. The van der Waals surface area contributed by atoms with E-state index in [0.29, 0.717) is 30.9 Å². The number of rotatable bonds is 9. The van der Waals surface area contributed by atoms with Crippen molar-refractivity contribution in [3.63, 3.8) is 0 Å². The predicted molar refractivity (Wildman–Crippen MR) is 138 cm³/mol. The SMILES string of the molecule is O=C(NCCc1ccc(-c2ccccc2)cc1)c1ccc(CN(O)Cc2ccc3c(c2)OCO3)cc1. The molecule has 0 saturated heterocycles. The van der Waals surface area contributed by atoms with E-state index in [4.69, 9.17) is 9.47 Å². The van der Waals surface area contributed by atoms with Crippen molar-refractivity contribution >= 4 is 5.91 Å². The van der Waals surface area contributed by atoms with Crippen molar-refractivity contribution in [2.75, 3.05) is 13.3 Å². The summed E-state index contributed by atoms with van der Waals surface area (Å²) < 4.78 is 10.7. The molecule has 0 fully saturated rings. The lowest BCUT2D eigenvalue weighted by atomic mass is 10.0. The minimum Gasteiger partial charge on any atom is -0.454 e. The van der Waals surface area contributed by atoms with Gasteiger partial charge in [-0.1, -0.05) is 72.8 Å². The van der Waals surface area contributed by atoms with Crippen molar-refractivity contribution in [3.8, 4) is 22.6 Å². The lowest BCUT2D eigenvalue weighted by molar-refractivity contribution is -0.108. The second kappa shape index (κ2) is 11.1. The Balaban J connectivity index is 1.08. The number of nitrogens with zero attached hydrogens (tertiary/aromatic N) is 1. The first-order chi connectivity index (χ1) is 17.6. The Labute approximate surface area is 210 Å². The van der Waals surface area contributed by atoms with Gasteiger partial charge in [0.25, 0.3) is 5.91 Å². The molecule has 36 heavy (non-hydrogen) atoms. The maximum absolute atomic E-state index is 12.5. The fourth-order valence-electron chi connectivity index (χ4n) is 4.20. The van der Waals surface area contributed by atoms with Crippen LogP contribution in [0.5, 0.6) is 11.5 Å². The van der Waals surface area contributed by atoms with Crippen LogP contribution >= 0.6 is 0 Å². The van der Waals surface area contributed by atoms with Crippen LogP contribution in [-0.2, 0) is 19.5 Å². The van der Waals surface area contributed by atoms with Crippen LogP contribution in [0.25, 0.3) is 11.1 Å². The van der Waals surface area contributed by atoms with Gasteiger partial charge in [0.1, 0.15) is 0 Å². The Kier molecular flexibility index (Phi) is 7.26. The van der Waals surface area contributed by atoms with Gasteiger partial charge in [-0.2, -0.15) is 5.06 Å². The Bertz CT molecular complexity index is 1310. The average molecular weight is 481 g/mol. The molecule has 2 N–H and O–H groups in total. The highest BCUT2D eigenvalue weighted by Crippen LogP contribution is 2.32. The van der Waals surface area contributed by atoms with Crippen LogP contribution in [0.3, 0.4) is 0 Å². The van der Waals surface area contributed by atoms with Gasteiger partial charge in [-0.05, 0) is 58.5 Å². The van der Waals surface area contributed by atoms with Crippen molar-refractivity contribution in [1.29, 1.82) is 0 Å². The summed E-state index contributed by atoms with van der Waals surface area (Å²) >= 11 is 0. The Hall–Kier alpha value is -4.13. The van der Waals surface area contributed by atoms with Crippen molar-refractivity contribution in [2.45, 2.75) is 19.5 Å². The van der Waals surface area contributed by atoms with Crippen LogP contribution < -0.4 is 14.8 Å². The number of benzene rings is 4. The zero-order valence-corrected chi connectivity index (χ0v) is 19.9. The van der Waals surface area contributed by atoms with E-state index in [0.717, 1.165) is 23.3 Å². The van der Waals surface area contributed by atoms with E-state index >= 15 is 0 Å². The van der Waals surface area contributed by atoms with Crippen molar-refractivity contribution in [2.24, 2.45) is 0 Å². The van der Waals surface area contributed by atoms with E-state index < -0.39 is 0 Å². The number of hydroxylamine groups is 2. The van der Waals surface area contributed by atoms with Gasteiger partial charge in [-0.25, -0.2) is 0 Å². The maximum atomic E-state index is 12.5. The van der Waals surface area contributed by atoms with Gasteiger partial charge in [-0.3, -0.25) is 4.79 Å². The average Bonchev–Trinajstić information content (AvgIpc) is 3.38. The number of amides is 1. The topological polar surface area (TPSA) is 71.0 Å². The summed E-state index contributed by atoms with van der Waals surface area (Å²) in [6.45, 7) is 1.48. The highest BCUT2D eigenvalue weighted by Gasteiger charge is 2.14. The molecule has 6 nitrogen and oxygen atoms in total. The molecule has 1 aliphatic rings. The normalized spacial score (nSPS) is 12.1. The van der Waals surface area contributed by atoms with Gasteiger partial charge in [0.2, 0.25) is 6.79 Å². The zero-order chi connectivity index (χ0) is 24.7. The molecule has 182 valence electrons. The number of nitrogens with one attached hydrogen (secondary N) is 1. The molecular weight excluding hydrogens is 452 g/mol. The summed E-state index contributed by atoms with van der Waals surface area (Å²) in [5, 5.41) is 14.6. The first-order valence-corrected chi connectivity index (χ1v) is 12.0. The number of fused-ring (bicyclic) bond motifs is 1. The first kappa shape index (κ1) is 23.6. The molecule has 0 unspecified atom stereocenters. The number of carbonyl (C=O) groups is 1. The van der Waals surface area contributed by atoms with Crippen LogP contribution in [0.15, 0.2) is 97.1 Å². The highest BCUT2D eigenvalue weighted by molar-refractivity contribution is 5.94. The molecular formula is C30H28N2O4. The van der Waals surface area contributed by atoms with E-state index in [2.05, 4.69) is 41.7 Å². The number of ether oxygens (including phenoxy) is 2. The molecule has 0 atom stereocenters. The second-order valence-electron chi connectivity index (χ2n) is 8.78. The summed E-state index contributed by atoms with van der Waals surface area (Å²) in [4.78, 5) is 12.5.